The van der Waals surface area contributed by atoms with E-state index in [-0.39, 0.29) is 43.3 Å². The molecule has 0 radical (unpaired) electrons. The van der Waals surface area contributed by atoms with E-state index < -0.39 is 29.5 Å². The predicted molar refractivity (Wildman–Crippen MR) is 107 cm³/mol. The summed E-state index contributed by atoms with van der Waals surface area (Å²) in [5, 5.41) is 15.2. The van der Waals surface area contributed by atoms with E-state index in [0.717, 1.165) is 6.07 Å². The third-order valence-electron chi connectivity index (χ3n) is 5.47. The van der Waals surface area contributed by atoms with Gasteiger partial charge in [-0.25, -0.2) is 13.2 Å². The Morgan fingerprint density at radius 2 is 1.87 bits per heavy atom. The third-order valence-corrected chi connectivity index (χ3v) is 5.47. The van der Waals surface area contributed by atoms with Gasteiger partial charge in [-0.15, -0.1) is 0 Å². The molecular weight excluding hydrogens is 411 g/mol. The first kappa shape index (κ1) is 20.9. The summed E-state index contributed by atoms with van der Waals surface area (Å²) in [5.74, 6) is -3.36. The number of aryl methyl sites for hydroxylation is 1. The number of aliphatic hydroxyl groups excluding tert-OH is 1. The third kappa shape index (κ3) is 4.27. The van der Waals surface area contributed by atoms with Gasteiger partial charge in [-0.05, 0) is 47.9 Å². The first-order chi connectivity index (χ1) is 14.8. The SMILES string of the molecule is O=C(CCc1c(-c2ccc(F)cc2)[nH]c2c(F)cc(F)cc12)NC[C@@H]1C(=O)NC[C@H]1O. The Kier molecular flexibility index (Phi) is 5.69. The molecule has 1 aromatic heterocycles. The van der Waals surface area contributed by atoms with Crippen LogP contribution in [-0.4, -0.2) is 41.1 Å². The molecule has 0 spiro atoms. The average Bonchev–Trinajstić information content (AvgIpc) is 3.25. The Hall–Kier alpha value is -3.33. The number of aromatic amines is 1. The highest BCUT2D eigenvalue weighted by molar-refractivity contribution is 5.92. The van der Waals surface area contributed by atoms with Gasteiger partial charge in [-0.2, -0.15) is 0 Å². The molecule has 2 aromatic carbocycles. The molecule has 0 saturated carbocycles. The Morgan fingerprint density at radius 3 is 2.55 bits per heavy atom. The number of β-amino-alcohol motifs (C(OH)–C–C–N with tert-alkyl or cyclic N) is 1. The first-order valence-corrected chi connectivity index (χ1v) is 9.81. The van der Waals surface area contributed by atoms with Crippen LogP contribution in [0.4, 0.5) is 13.2 Å². The molecule has 4 rings (SSSR count). The summed E-state index contributed by atoms with van der Waals surface area (Å²) in [6.45, 7) is 0.140. The molecule has 1 saturated heterocycles. The lowest BCUT2D eigenvalue weighted by Gasteiger charge is -2.12. The standard InChI is InChI=1S/C22H20F3N3O3/c23-12-3-1-11(2-4-12)20-14(15-7-13(24)8-17(25)21(15)28-20)5-6-19(30)26-9-16-18(29)10-27-22(16)31/h1-4,7-8,16,18,28-29H,5-6,9-10H2,(H,26,30)(H,27,31)/t16-,18+/m0/s1. The molecule has 1 aliphatic rings. The fourth-order valence-electron chi connectivity index (χ4n) is 3.83. The number of aliphatic hydroxyl groups is 1. The Morgan fingerprint density at radius 1 is 1.13 bits per heavy atom. The molecular formula is C22H20F3N3O3. The van der Waals surface area contributed by atoms with E-state index in [9.17, 15) is 27.9 Å². The van der Waals surface area contributed by atoms with Gasteiger partial charge >= 0.3 is 0 Å². The summed E-state index contributed by atoms with van der Waals surface area (Å²) in [6.07, 6.45) is -0.720. The second kappa shape index (κ2) is 8.43. The Bertz CT molecular complexity index is 1140. The fourth-order valence-corrected chi connectivity index (χ4v) is 3.83. The number of carbonyl (C=O) groups excluding carboxylic acids is 2. The van der Waals surface area contributed by atoms with Crippen LogP contribution in [0.2, 0.25) is 0 Å². The minimum atomic E-state index is -0.863. The van der Waals surface area contributed by atoms with Crippen LogP contribution in [0, 0.1) is 23.4 Å². The van der Waals surface area contributed by atoms with Crippen molar-refractivity contribution in [1.82, 2.24) is 15.6 Å². The number of amides is 2. The number of carbonyl (C=O) groups is 2. The van der Waals surface area contributed by atoms with Crippen molar-refractivity contribution in [2.75, 3.05) is 13.1 Å². The van der Waals surface area contributed by atoms with Crippen molar-refractivity contribution >= 4 is 22.7 Å². The highest BCUT2D eigenvalue weighted by atomic mass is 19.1. The number of aromatic nitrogens is 1. The van der Waals surface area contributed by atoms with Gasteiger partial charge in [0, 0.05) is 36.7 Å². The number of rotatable bonds is 6. The molecule has 2 atom stereocenters. The summed E-state index contributed by atoms with van der Waals surface area (Å²) >= 11 is 0. The topological polar surface area (TPSA) is 94.2 Å². The monoisotopic (exact) mass is 431 g/mol. The van der Waals surface area contributed by atoms with E-state index >= 15 is 0 Å². The maximum absolute atomic E-state index is 14.3. The Labute approximate surface area is 175 Å². The van der Waals surface area contributed by atoms with Crippen LogP contribution in [0.3, 0.4) is 0 Å². The van der Waals surface area contributed by atoms with Gasteiger partial charge in [0.05, 0.1) is 17.5 Å². The quantitative estimate of drug-likeness (QED) is 0.483. The molecule has 6 nitrogen and oxygen atoms in total. The van der Waals surface area contributed by atoms with Crippen LogP contribution in [-0.2, 0) is 16.0 Å². The summed E-state index contributed by atoms with van der Waals surface area (Å²) in [5.41, 5.74) is 1.66. The molecule has 9 heteroatoms. The van der Waals surface area contributed by atoms with Crippen molar-refractivity contribution < 1.29 is 27.9 Å². The van der Waals surface area contributed by atoms with E-state index in [2.05, 4.69) is 15.6 Å². The summed E-state index contributed by atoms with van der Waals surface area (Å²) in [4.78, 5) is 26.9. The van der Waals surface area contributed by atoms with Gasteiger partial charge in [-0.1, -0.05) is 0 Å². The summed E-state index contributed by atoms with van der Waals surface area (Å²) in [7, 11) is 0. The molecule has 2 heterocycles. The van der Waals surface area contributed by atoms with Gasteiger partial charge in [0.1, 0.15) is 17.5 Å². The van der Waals surface area contributed by atoms with Crippen LogP contribution in [0.1, 0.15) is 12.0 Å². The molecule has 3 aromatic rings. The molecule has 0 aliphatic carbocycles. The molecule has 0 unspecified atom stereocenters. The first-order valence-electron chi connectivity index (χ1n) is 9.81. The number of nitrogens with one attached hydrogen (secondary N) is 3. The van der Waals surface area contributed by atoms with Gasteiger partial charge < -0.3 is 20.7 Å². The van der Waals surface area contributed by atoms with Gasteiger partial charge in [0.15, 0.2) is 0 Å². The predicted octanol–water partition coefficient (Wildman–Crippen LogP) is 2.41. The van der Waals surface area contributed by atoms with Crippen molar-refractivity contribution in [3.63, 3.8) is 0 Å². The van der Waals surface area contributed by atoms with E-state index in [4.69, 9.17) is 0 Å². The van der Waals surface area contributed by atoms with Gasteiger partial charge in [0.25, 0.3) is 0 Å². The maximum atomic E-state index is 14.3. The van der Waals surface area contributed by atoms with Crippen molar-refractivity contribution in [1.29, 1.82) is 0 Å². The van der Waals surface area contributed by atoms with Crippen LogP contribution in [0.25, 0.3) is 22.2 Å². The second-order valence-electron chi connectivity index (χ2n) is 7.52. The molecule has 31 heavy (non-hydrogen) atoms. The molecule has 4 N–H and O–H groups in total. The molecule has 1 aliphatic heterocycles. The van der Waals surface area contributed by atoms with Crippen LogP contribution in [0.5, 0.6) is 0 Å². The number of hydrogen-bond acceptors (Lipinski definition) is 3. The summed E-state index contributed by atoms with van der Waals surface area (Å²) < 4.78 is 41.5. The minimum Gasteiger partial charge on any atom is -0.390 e. The molecule has 1 fully saturated rings. The largest absolute Gasteiger partial charge is 0.390 e. The zero-order valence-electron chi connectivity index (χ0n) is 16.3. The van der Waals surface area contributed by atoms with Crippen molar-refractivity contribution in [3.05, 3.63) is 59.4 Å². The number of benzene rings is 2. The van der Waals surface area contributed by atoms with Crippen molar-refractivity contribution in [2.24, 2.45) is 5.92 Å². The molecule has 0 bridgehead atoms. The van der Waals surface area contributed by atoms with Crippen LogP contribution >= 0.6 is 0 Å². The number of halogens is 3. The van der Waals surface area contributed by atoms with Gasteiger partial charge in [0.2, 0.25) is 11.8 Å². The second-order valence-corrected chi connectivity index (χ2v) is 7.52. The number of H-pyrrole nitrogens is 1. The fraction of sp³-hybridized carbons (Fsp3) is 0.273. The zero-order chi connectivity index (χ0) is 22.1. The van der Waals surface area contributed by atoms with E-state index in [1.807, 2.05) is 0 Å². The molecule has 2 amide bonds. The molecule has 162 valence electrons. The maximum Gasteiger partial charge on any atom is 0.227 e. The minimum absolute atomic E-state index is 0.00616. The number of hydrogen-bond donors (Lipinski definition) is 4. The normalized spacial score (nSPS) is 18.4. The average molecular weight is 431 g/mol. The summed E-state index contributed by atoms with van der Waals surface area (Å²) in [6, 6.07) is 7.49. The van der Waals surface area contributed by atoms with Crippen LogP contribution in [0.15, 0.2) is 36.4 Å². The lowest BCUT2D eigenvalue weighted by atomic mass is 10.0. The zero-order valence-corrected chi connectivity index (χ0v) is 16.3. The number of fused-ring (bicyclic) bond motifs is 1. The highest BCUT2D eigenvalue weighted by Gasteiger charge is 2.33. The van der Waals surface area contributed by atoms with E-state index in [1.165, 1.54) is 30.3 Å². The van der Waals surface area contributed by atoms with Crippen molar-refractivity contribution in [2.45, 2.75) is 18.9 Å². The van der Waals surface area contributed by atoms with Crippen molar-refractivity contribution in [3.8, 4) is 11.3 Å². The van der Waals surface area contributed by atoms with E-state index in [0.29, 0.717) is 22.2 Å². The lowest BCUT2D eigenvalue weighted by Crippen LogP contribution is -2.36. The van der Waals surface area contributed by atoms with Gasteiger partial charge in [-0.3, -0.25) is 9.59 Å². The lowest BCUT2D eigenvalue weighted by molar-refractivity contribution is -0.124. The Balaban J connectivity index is 1.57. The van der Waals surface area contributed by atoms with Crippen LogP contribution < -0.4 is 10.6 Å². The highest BCUT2D eigenvalue weighted by Crippen LogP contribution is 2.33. The van der Waals surface area contributed by atoms with E-state index in [1.54, 1.807) is 0 Å². The smallest absolute Gasteiger partial charge is 0.227 e.